The molecule has 0 radical (unpaired) electrons. The Kier molecular flexibility index (Phi) is 4.60. The van der Waals surface area contributed by atoms with Gasteiger partial charge in [0.05, 0.1) is 17.3 Å². The van der Waals surface area contributed by atoms with Gasteiger partial charge >= 0.3 is 0 Å². The highest BCUT2D eigenvalue weighted by molar-refractivity contribution is 5.94. The van der Waals surface area contributed by atoms with Gasteiger partial charge in [0.1, 0.15) is 11.6 Å². The van der Waals surface area contributed by atoms with E-state index in [9.17, 15) is 15.2 Å². The Morgan fingerprint density at radius 3 is 2.57 bits per heavy atom. The molecular formula is C25H25N3O2. The van der Waals surface area contributed by atoms with Gasteiger partial charge in [0, 0.05) is 25.5 Å². The second-order valence-electron chi connectivity index (χ2n) is 8.57. The van der Waals surface area contributed by atoms with E-state index in [-0.39, 0.29) is 17.2 Å². The van der Waals surface area contributed by atoms with Crippen LogP contribution in [0.5, 0.6) is 0 Å². The maximum Gasteiger partial charge on any atom is 0.270 e. The van der Waals surface area contributed by atoms with Gasteiger partial charge in [0.15, 0.2) is 0 Å². The number of rotatable bonds is 2. The SMILES string of the molecule is Cn1c(=O)c(C#N)c(N2CCC(c3ccc4c(c3)CC(O)C4)CC2)c2ccccc21. The Labute approximate surface area is 175 Å². The van der Waals surface area contributed by atoms with Gasteiger partial charge in [-0.2, -0.15) is 5.26 Å². The van der Waals surface area contributed by atoms with Gasteiger partial charge < -0.3 is 14.6 Å². The fourth-order valence-electron chi connectivity index (χ4n) is 5.21. The average molecular weight is 399 g/mol. The molecule has 1 aliphatic carbocycles. The first kappa shape index (κ1) is 18.9. The second kappa shape index (κ2) is 7.30. The molecular weight excluding hydrogens is 374 g/mol. The van der Waals surface area contributed by atoms with Gasteiger partial charge in [-0.1, -0.05) is 36.4 Å². The molecule has 3 aromatic rings. The van der Waals surface area contributed by atoms with Crippen molar-refractivity contribution in [3.8, 4) is 6.07 Å². The van der Waals surface area contributed by atoms with E-state index in [1.807, 2.05) is 24.3 Å². The maximum atomic E-state index is 12.8. The van der Waals surface area contributed by atoms with Gasteiger partial charge in [-0.15, -0.1) is 0 Å². The molecule has 1 saturated heterocycles. The summed E-state index contributed by atoms with van der Waals surface area (Å²) >= 11 is 0. The molecule has 5 nitrogen and oxygen atoms in total. The third kappa shape index (κ3) is 3.00. The first-order chi connectivity index (χ1) is 14.6. The number of aliphatic hydroxyl groups is 1. The molecule has 1 fully saturated rings. The number of anilines is 1. The van der Waals surface area contributed by atoms with Crippen LogP contribution in [0.4, 0.5) is 5.69 Å². The monoisotopic (exact) mass is 399 g/mol. The first-order valence-electron chi connectivity index (χ1n) is 10.6. The number of benzene rings is 2. The lowest BCUT2D eigenvalue weighted by Crippen LogP contribution is -2.35. The van der Waals surface area contributed by atoms with Crippen LogP contribution >= 0.6 is 0 Å². The number of nitriles is 1. The molecule has 1 aliphatic heterocycles. The van der Waals surface area contributed by atoms with Crippen LogP contribution in [-0.2, 0) is 19.9 Å². The number of piperidine rings is 1. The van der Waals surface area contributed by atoms with Crippen LogP contribution in [0, 0.1) is 11.3 Å². The van der Waals surface area contributed by atoms with Gasteiger partial charge in [-0.3, -0.25) is 4.79 Å². The van der Waals surface area contributed by atoms with Crippen molar-refractivity contribution < 1.29 is 5.11 Å². The van der Waals surface area contributed by atoms with E-state index in [4.69, 9.17) is 0 Å². The van der Waals surface area contributed by atoms with E-state index in [2.05, 4.69) is 29.2 Å². The Morgan fingerprint density at radius 1 is 1.07 bits per heavy atom. The minimum absolute atomic E-state index is 0.231. The Bertz CT molecular complexity index is 1230. The van der Waals surface area contributed by atoms with Gasteiger partial charge in [0.2, 0.25) is 0 Å². The number of para-hydroxylation sites is 1. The van der Waals surface area contributed by atoms with Crippen molar-refractivity contribution in [1.82, 2.24) is 4.57 Å². The van der Waals surface area contributed by atoms with Crippen molar-refractivity contribution in [2.75, 3.05) is 18.0 Å². The van der Waals surface area contributed by atoms with Crippen LogP contribution in [0.15, 0.2) is 47.3 Å². The number of aliphatic hydroxyl groups excluding tert-OH is 1. The van der Waals surface area contributed by atoms with Crippen LogP contribution in [0.1, 0.15) is 41.0 Å². The first-order valence-corrected chi connectivity index (χ1v) is 10.6. The molecule has 5 rings (SSSR count). The van der Waals surface area contributed by atoms with Gasteiger partial charge in [0.25, 0.3) is 5.56 Å². The zero-order valence-corrected chi connectivity index (χ0v) is 17.1. The number of nitrogens with zero attached hydrogens (tertiary/aromatic N) is 3. The smallest absolute Gasteiger partial charge is 0.270 e. The summed E-state index contributed by atoms with van der Waals surface area (Å²) < 4.78 is 1.57. The molecule has 30 heavy (non-hydrogen) atoms. The quantitative estimate of drug-likeness (QED) is 0.718. The number of aryl methyl sites for hydroxylation is 1. The van der Waals surface area contributed by atoms with Crippen LogP contribution < -0.4 is 10.5 Å². The van der Waals surface area contributed by atoms with Gasteiger partial charge in [-0.05, 0) is 54.4 Å². The largest absolute Gasteiger partial charge is 0.392 e. The predicted octanol–water partition coefficient (Wildman–Crippen LogP) is 3.25. The molecule has 2 aromatic carbocycles. The van der Waals surface area contributed by atoms with E-state index in [1.165, 1.54) is 16.7 Å². The number of fused-ring (bicyclic) bond motifs is 2. The summed E-state index contributed by atoms with van der Waals surface area (Å²) in [5.74, 6) is 0.465. The molecule has 2 heterocycles. The van der Waals surface area contributed by atoms with E-state index in [1.54, 1.807) is 11.6 Å². The standard InChI is InChI=1S/C25H25N3O2/c1-27-23-5-3-2-4-21(23)24(22(15-26)25(27)30)28-10-8-16(9-11-28)17-6-7-18-13-20(29)14-19(18)12-17/h2-7,12,16,20,29H,8-11,13-14H2,1H3. The van der Waals surface area contributed by atoms with Crippen molar-refractivity contribution in [3.63, 3.8) is 0 Å². The van der Waals surface area contributed by atoms with E-state index < -0.39 is 0 Å². The van der Waals surface area contributed by atoms with Crippen LogP contribution in [0.3, 0.4) is 0 Å². The summed E-state index contributed by atoms with van der Waals surface area (Å²) in [5.41, 5.74) is 5.55. The summed E-state index contributed by atoms with van der Waals surface area (Å²) in [5, 5.41) is 20.6. The van der Waals surface area contributed by atoms with Crippen molar-refractivity contribution in [1.29, 1.82) is 5.26 Å². The van der Waals surface area contributed by atoms with Gasteiger partial charge in [-0.25, -0.2) is 0 Å². The fraction of sp³-hybridized carbons (Fsp3) is 0.360. The molecule has 0 saturated carbocycles. The predicted molar refractivity (Wildman–Crippen MR) is 118 cm³/mol. The number of pyridine rings is 1. The Morgan fingerprint density at radius 2 is 1.80 bits per heavy atom. The molecule has 0 bridgehead atoms. The molecule has 0 spiro atoms. The molecule has 152 valence electrons. The lowest BCUT2D eigenvalue weighted by atomic mass is 9.87. The fourth-order valence-corrected chi connectivity index (χ4v) is 5.21. The summed E-state index contributed by atoms with van der Waals surface area (Å²) in [4.78, 5) is 15.0. The van der Waals surface area contributed by atoms with Crippen LogP contribution in [0.2, 0.25) is 0 Å². The number of hydrogen-bond donors (Lipinski definition) is 1. The highest BCUT2D eigenvalue weighted by Gasteiger charge is 2.27. The van der Waals surface area contributed by atoms with Crippen molar-refractivity contribution >= 4 is 16.6 Å². The van der Waals surface area contributed by atoms with E-state index >= 15 is 0 Å². The summed E-state index contributed by atoms with van der Waals surface area (Å²) in [6.07, 6.45) is 3.25. The van der Waals surface area contributed by atoms with Crippen LogP contribution in [-0.4, -0.2) is 28.9 Å². The summed E-state index contributed by atoms with van der Waals surface area (Å²) in [7, 11) is 1.73. The lowest BCUT2D eigenvalue weighted by Gasteiger charge is -2.35. The normalized spacial score (nSPS) is 19.1. The minimum atomic E-state index is -0.240. The third-order valence-corrected chi connectivity index (χ3v) is 6.81. The molecule has 5 heteroatoms. The third-order valence-electron chi connectivity index (χ3n) is 6.81. The van der Waals surface area contributed by atoms with Crippen molar-refractivity contribution in [2.24, 2.45) is 7.05 Å². The summed E-state index contributed by atoms with van der Waals surface area (Å²) in [6, 6.07) is 16.7. The molecule has 0 amide bonds. The highest BCUT2D eigenvalue weighted by Crippen LogP contribution is 2.36. The van der Waals surface area contributed by atoms with Crippen molar-refractivity contribution in [2.45, 2.75) is 37.7 Å². The molecule has 1 atom stereocenters. The lowest BCUT2D eigenvalue weighted by molar-refractivity contribution is 0.187. The van der Waals surface area contributed by atoms with Crippen molar-refractivity contribution in [3.05, 3.63) is 75.1 Å². The van der Waals surface area contributed by atoms with E-state index in [0.717, 1.165) is 55.4 Å². The van der Waals surface area contributed by atoms with E-state index in [0.29, 0.717) is 5.92 Å². The topological polar surface area (TPSA) is 69.3 Å². The Hall–Kier alpha value is -3.10. The molecule has 1 aromatic heterocycles. The summed E-state index contributed by atoms with van der Waals surface area (Å²) in [6.45, 7) is 1.63. The molecule has 1 unspecified atom stereocenters. The maximum absolute atomic E-state index is 12.8. The molecule has 2 aliphatic rings. The number of hydrogen-bond acceptors (Lipinski definition) is 4. The highest BCUT2D eigenvalue weighted by atomic mass is 16.3. The zero-order valence-electron chi connectivity index (χ0n) is 17.1. The second-order valence-corrected chi connectivity index (χ2v) is 8.57. The number of aromatic nitrogens is 1. The minimum Gasteiger partial charge on any atom is -0.392 e. The zero-order chi connectivity index (χ0) is 20.8. The molecule has 1 N–H and O–H groups in total. The van der Waals surface area contributed by atoms with Crippen LogP contribution in [0.25, 0.3) is 10.9 Å². The Balaban J connectivity index is 1.45. The average Bonchev–Trinajstić information content (AvgIpc) is 3.15.